The van der Waals surface area contributed by atoms with Gasteiger partial charge in [0, 0.05) is 17.2 Å². The molecule has 14 heteroatoms. The molecule has 1 aliphatic heterocycles. The lowest BCUT2D eigenvalue weighted by Crippen LogP contribution is -2.45. The first-order chi connectivity index (χ1) is 17.5. The van der Waals surface area contributed by atoms with E-state index in [2.05, 4.69) is 30.9 Å². The second kappa shape index (κ2) is 10.6. The average Bonchev–Trinajstić information content (AvgIpc) is 3.28. The van der Waals surface area contributed by atoms with Gasteiger partial charge in [-0.25, -0.2) is 4.68 Å². The molecule has 1 fully saturated rings. The van der Waals surface area contributed by atoms with E-state index < -0.39 is 16.1 Å². The maximum absolute atomic E-state index is 12.9. The molecule has 1 aromatic heterocycles. The van der Waals surface area contributed by atoms with E-state index in [1.807, 2.05) is 6.92 Å². The number of hydrogen-bond acceptors (Lipinski definition) is 6. The minimum atomic E-state index is -4.10. The molecule has 1 atom stereocenters. The zero-order valence-corrected chi connectivity index (χ0v) is 23.3. The topological polar surface area (TPSA) is 130 Å². The minimum Gasteiger partial charge on any atom is -0.486 e. The van der Waals surface area contributed by atoms with Gasteiger partial charge in [0.1, 0.15) is 19.6 Å². The van der Waals surface area contributed by atoms with Crippen molar-refractivity contribution in [3.63, 3.8) is 0 Å². The van der Waals surface area contributed by atoms with E-state index in [0.29, 0.717) is 5.69 Å². The van der Waals surface area contributed by atoms with E-state index in [1.54, 1.807) is 43.4 Å². The van der Waals surface area contributed by atoms with Gasteiger partial charge < -0.3 is 14.7 Å². The molecule has 0 spiro atoms. The van der Waals surface area contributed by atoms with Crippen LogP contribution in [0.3, 0.4) is 0 Å². The van der Waals surface area contributed by atoms with Gasteiger partial charge in [0.05, 0.1) is 11.3 Å². The van der Waals surface area contributed by atoms with E-state index in [1.165, 1.54) is 33.7 Å². The second-order valence-electron chi connectivity index (χ2n) is 8.41. The molecule has 1 aliphatic rings. The fourth-order valence-corrected chi connectivity index (χ4v) is 5.17. The Morgan fingerprint density at radius 2 is 1.86 bits per heavy atom. The summed E-state index contributed by atoms with van der Waals surface area (Å²) in [7, 11) is -1.03. The number of anilines is 1. The molecule has 2 heterocycles. The van der Waals surface area contributed by atoms with Crippen LogP contribution in [0.15, 0.2) is 66.8 Å². The number of halogens is 1. The van der Waals surface area contributed by atoms with Crippen LogP contribution < -0.4 is 20.8 Å². The number of hydrogen-bond donors (Lipinski definition) is 1. The van der Waals surface area contributed by atoms with Gasteiger partial charge in [-0.15, -0.1) is 4.40 Å². The van der Waals surface area contributed by atoms with Crippen LogP contribution in [0.25, 0.3) is 0 Å². The van der Waals surface area contributed by atoms with Crippen molar-refractivity contribution >= 4 is 60.8 Å². The maximum atomic E-state index is 12.9. The standard InChI is InChI=1S/C23H23BrN6O5S2/c1-14-4-10-17(11-5-14)37(33,34)26-21-19(29(3)27-35-21)13-30-18(22(32)28(2)23(30)36)12-20(31)25-16-8-6-15(24)7-9-16/h4-11,18H,12-13H2,1-3H3,(H,25,31)/b26-21-. The third-order valence-corrected chi connectivity index (χ3v) is 8.07. The number of nitrogens with one attached hydrogen (secondary N) is 1. The van der Waals surface area contributed by atoms with Crippen LogP contribution in [-0.2, 0) is 33.2 Å². The van der Waals surface area contributed by atoms with Crippen molar-refractivity contribution < 1.29 is 27.2 Å². The summed E-state index contributed by atoms with van der Waals surface area (Å²) < 4.78 is 36.9. The van der Waals surface area contributed by atoms with Gasteiger partial charge in [0.25, 0.3) is 27.2 Å². The van der Waals surface area contributed by atoms with Crippen LogP contribution in [0.2, 0.25) is 0 Å². The largest absolute Gasteiger partial charge is 0.486 e. The highest BCUT2D eigenvalue weighted by Gasteiger charge is 2.43. The van der Waals surface area contributed by atoms with Crippen molar-refractivity contribution in [2.45, 2.75) is 30.8 Å². The molecule has 4 rings (SSSR count). The molecule has 1 N–H and O–H groups in total. The number of aromatic nitrogens is 2. The highest BCUT2D eigenvalue weighted by atomic mass is 79.9. The van der Waals surface area contributed by atoms with Crippen LogP contribution >= 0.6 is 28.1 Å². The van der Waals surface area contributed by atoms with E-state index >= 15 is 0 Å². The minimum absolute atomic E-state index is 0.00260. The number of likely N-dealkylation sites (N-methyl/N-ethyl adjacent to an activating group) is 1. The fourth-order valence-electron chi connectivity index (χ4n) is 3.69. The molecular weight excluding hydrogens is 584 g/mol. The summed E-state index contributed by atoms with van der Waals surface area (Å²) in [6, 6.07) is 12.3. The summed E-state index contributed by atoms with van der Waals surface area (Å²) >= 11 is 8.80. The maximum Gasteiger partial charge on any atom is 0.289 e. The monoisotopic (exact) mass is 606 g/mol. The van der Waals surface area contributed by atoms with E-state index in [4.69, 9.17) is 16.7 Å². The molecule has 1 saturated heterocycles. The Hall–Kier alpha value is -3.36. The first kappa shape index (κ1) is 26.7. The molecule has 0 aliphatic carbocycles. The molecule has 2 aromatic carbocycles. The van der Waals surface area contributed by atoms with Crippen molar-refractivity contribution in [2.24, 2.45) is 11.4 Å². The lowest BCUT2D eigenvalue weighted by Gasteiger charge is -2.21. The summed E-state index contributed by atoms with van der Waals surface area (Å²) in [6.45, 7) is 1.78. The number of carbonyl (C=O) groups excluding carboxylic acids is 2. The Morgan fingerprint density at radius 1 is 1.22 bits per heavy atom. The molecule has 2 amide bonds. The number of amides is 2. The third kappa shape index (κ3) is 5.81. The van der Waals surface area contributed by atoms with Crippen LogP contribution in [0, 0.1) is 6.92 Å². The number of aryl methyl sites for hydroxylation is 2. The quantitative estimate of drug-likeness (QED) is 0.315. The van der Waals surface area contributed by atoms with Gasteiger partial charge in [0.2, 0.25) is 5.91 Å². The first-order valence-corrected chi connectivity index (χ1v) is 13.6. The second-order valence-corrected chi connectivity index (χ2v) is 11.3. The number of rotatable bonds is 7. The highest BCUT2D eigenvalue weighted by molar-refractivity contribution is 9.10. The van der Waals surface area contributed by atoms with Gasteiger partial charge in [-0.05, 0) is 55.5 Å². The van der Waals surface area contributed by atoms with Crippen molar-refractivity contribution in [2.75, 3.05) is 12.4 Å². The van der Waals surface area contributed by atoms with Crippen molar-refractivity contribution in [3.05, 3.63) is 69.8 Å². The Labute approximate surface area is 226 Å². The SMILES string of the molecule is Cc1ccc(S(=O)(=O)/N=c2\o[n-][n+](C)c2CN2C(=S)N(C)C(=O)C2CC(=O)Nc2ccc(Br)cc2)cc1. The molecule has 0 bridgehead atoms. The predicted octanol–water partition coefficient (Wildman–Crippen LogP) is 1.38. The number of sulfonamides is 1. The van der Waals surface area contributed by atoms with Gasteiger partial charge in [0.15, 0.2) is 5.11 Å². The van der Waals surface area contributed by atoms with Gasteiger partial charge in [-0.3, -0.25) is 19.8 Å². The van der Waals surface area contributed by atoms with Crippen LogP contribution in [0.5, 0.6) is 0 Å². The molecule has 194 valence electrons. The summed E-state index contributed by atoms with van der Waals surface area (Å²) in [5, 5.41) is 6.74. The molecule has 37 heavy (non-hydrogen) atoms. The molecule has 11 nitrogen and oxygen atoms in total. The fraction of sp³-hybridized carbons (Fsp3) is 0.261. The van der Waals surface area contributed by atoms with Crippen LogP contribution in [0.4, 0.5) is 5.69 Å². The Morgan fingerprint density at radius 3 is 2.51 bits per heavy atom. The van der Waals surface area contributed by atoms with E-state index in [9.17, 15) is 18.0 Å². The Balaban J connectivity index is 1.61. The number of nitrogens with zero attached hydrogens (tertiary/aromatic N) is 5. The third-order valence-electron chi connectivity index (χ3n) is 5.76. The van der Waals surface area contributed by atoms with Crippen molar-refractivity contribution in [1.29, 1.82) is 0 Å². The highest BCUT2D eigenvalue weighted by Crippen LogP contribution is 2.22. The summed E-state index contributed by atoms with van der Waals surface area (Å²) in [6.07, 6.45) is -0.178. The predicted molar refractivity (Wildman–Crippen MR) is 139 cm³/mol. The lowest BCUT2D eigenvalue weighted by molar-refractivity contribution is -0.752. The zero-order valence-electron chi connectivity index (χ0n) is 20.1. The summed E-state index contributed by atoms with van der Waals surface area (Å²) in [5.74, 6) is -0.744. The Bertz CT molecular complexity index is 1530. The normalized spacial score (nSPS) is 16.5. The molecule has 1 unspecified atom stereocenters. The Kier molecular flexibility index (Phi) is 7.62. The smallest absolute Gasteiger partial charge is 0.289 e. The van der Waals surface area contributed by atoms with Crippen molar-refractivity contribution in [3.8, 4) is 0 Å². The molecule has 0 radical (unpaired) electrons. The molecule has 3 aromatic rings. The van der Waals surface area contributed by atoms with Gasteiger partial charge in [-0.2, -0.15) is 8.42 Å². The zero-order chi connectivity index (χ0) is 26.9. The van der Waals surface area contributed by atoms with Gasteiger partial charge >= 0.3 is 0 Å². The van der Waals surface area contributed by atoms with Crippen molar-refractivity contribution in [1.82, 2.24) is 15.1 Å². The first-order valence-electron chi connectivity index (χ1n) is 11.0. The average molecular weight is 608 g/mol. The summed E-state index contributed by atoms with van der Waals surface area (Å²) in [5.41, 5.74) is 1.50. The number of benzene rings is 2. The molecule has 0 saturated carbocycles. The number of thiocarbonyl (C=S) groups is 1. The van der Waals surface area contributed by atoms with E-state index in [0.717, 1.165) is 10.0 Å². The van der Waals surface area contributed by atoms with E-state index in [-0.39, 0.29) is 46.0 Å². The van der Waals surface area contributed by atoms with Gasteiger partial charge in [-0.1, -0.05) is 33.6 Å². The van der Waals surface area contributed by atoms with Crippen LogP contribution in [0.1, 0.15) is 17.7 Å². The number of carbonyl (C=O) groups is 2. The molecular formula is C23H23BrN6O5S2. The summed E-state index contributed by atoms with van der Waals surface area (Å²) in [4.78, 5) is 28.5. The van der Waals surface area contributed by atoms with Crippen LogP contribution in [-0.4, -0.2) is 48.2 Å². The lowest BCUT2D eigenvalue weighted by atomic mass is 10.1.